The Bertz CT molecular complexity index is 641. The Hall–Kier alpha value is -1.85. The van der Waals surface area contributed by atoms with Crippen molar-refractivity contribution < 1.29 is 4.79 Å². The van der Waals surface area contributed by atoms with Gasteiger partial charge in [0.15, 0.2) is 0 Å². The number of urea groups is 1. The maximum atomic E-state index is 12.2. The maximum Gasteiger partial charge on any atom is 0.315 e. The fraction of sp³-hybridized carbons (Fsp3) is 0.389. The van der Waals surface area contributed by atoms with E-state index in [1.165, 1.54) is 16.7 Å². The number of carbonyl (C=O) groups is 1. The molecule has 3 rings (SSSR count). The van der Waals surface area contributed by atoms with Crippen LogP contribution < -0.4 is 16.0 Å². The second kappa shape index (κ2) is 7.62. The molecule has 1 unspecified atom stereocenters. The summed E-state index contributed by atoms with van der Waals surface area (Å²) in [6.07, 6.45) is 2.96. The summed E-state index contributed by atoms with van der Waals surface area (Å²) in [5.74, 6) is 0. The summed E-state index contributed by atoms with van der Waals surface area (Å²) < 4.78 is 0. The highest BCUT2D eigenvalue weighted by Gasteiger charge is 2.20. The number of aryl methyl sites for hydroxylation is 1. The molecule has 0 bridgehead atoms. The van der Waals surface area contributed by atoms with E-state index in [-0.39, 0.29) is 18.1 Å². The fourth-order valence-electron chi connectivity index (χ4n) is 3.11. The van der Waals surface area contributed by atoms with Crippen molar-refractivity contribution in [3.05, 3.63) is 57.8 Å². The second-order valence-corrected chi connectivity index (χ2v) is 6.74. The Kier molecular flexibility index (Phi) is 5.31. The lowest BCUT2D eigenvalue weighted by Gasteiger charge is -2.26. The summed E-state index contributed by atoms with van der Waals surface area (Å²) in [6, 6.07) is 10.9. The van der Waals surface area contributed by atoms with Crippen molar-refractivity contribution in [1.29, 1.82) is 0 Å². The van der Waals surface area contributed by atoms with Gasteiger partial charge in [0.2, 0.25) is 0 Å². The van der Waals surface area contributed by atoms with Gasteiger partial charge in [0.05, 0.1) is 6.04 Å². The average Bonchev–Trinajstić information content (AvgIpc) is 3.10. The summed E-state index contributed by atoms with van der Waals surface area (Å²) in [6.45, 7) is 0.586. The van der Waals surface area contributed by atoms with Gasteiger partial charge < -0.3 is 16.0 Å². The summed E-state index contributed by atoms with van der Waals surface area (Å²) in [4.78, 5) is 12.2. The minimum Gasteiger partial charge on any atom is -0.336 e. The normalized spacial score (nSPS) is 18.0. The highest BCUT2D eigenvalue weighted by Crippen LogP contribution is 2.21. The van der Waals surface area contributed by atoms with Gasteiger partial charge >= 0.3 is 6.03 Å². The molecule has 1 heterocycles. The van der Waals surface area contributed by atoms with Crippen LogP contribution in [0.1, 0.15) is 29.2 Å². The van der Waals surface area contributed by atoms with Gasteiger partial charge in [-0.2, -0.15) is 11.3 Å². The number of amides is 2. The van der Waals surface area contributed by atoms with Gasteiger partial charge in [0, 0.05) is 12.6 Å². The third-order valence-electron chi connectivity index (χ3n) is 4.44. The first-order valence-electron chi connectivity index (χ1n) is 8.06. The molecule has 0 spiro atoms. The number of carbonyl (C=O) groups excluding carboxylic acids is 1. The highest BCUT2D eigenvalue weighted by molar-refractivity contribution is 7.07. The lowest BCUT2D eigenvalue weighted by atomic mass is 9.88. The van der Waals surface area contributed by atoms with Gasteiger partial charge in [-0.3, -0.25) is 0 Å². The van der Waals surface area contributed by atoms with E-state index in [1.807, 2.05) is 7.05 Å². The zero-order chi connectivity index (χ0) is 16.1. The Morgan fingerprint density at radius 1 is 1.30 bits per heavy atom. The van der Waals surface area contributed by atoms with Crippen molar-refractivity contribution in [2.45, 2.75) is 31.3 Å². The summed E-state index contributed by atoms with van der Waals surface area (Å²) in [5, 5.41) is 13.5. The van der Waals surface area contributed by atoms with Crippen LogP contribution in [0.25, 0.3) is 0 Å². The van der Waals surface area contributed by atoms with Crippen molar-refractivity contribution in [3.63, 3.8) is 0 Å². The minimum absolute atomic E-state index is 0.0788. The van der Waals surface area contributed by atoms with E-state index in [0.717, 1.165) is 19.3 Å². The van der Waals surface area contributed by atoms with Gasteiger partial charge in [0.25, 0.3) is 0 Å². The van der Waals surface area contributed by atoms with Gasteiger partial charge in [-0.15, -0.1) is 0 Å². The number of nitrogens with one attached hydrogen (secondary N) is 3. The Morgan fingerprint density at radius 2 is 2.13 bits per heavy atom. The van der Waals surface area contributed by atoms with Crippen LogP contribution in [0, 0.1) is 0 Å². The smallest absolute Gasteiger partial charge is 0.315 e. The molecule has 1 aliphatic rings. The van der Waals surface area contributed by atoms with Gasteiger partial charge in [-0.25, -0.2) is 4.79 Å². The molecule has 23 heavy (non-hydrogen) atoms. The SMILES string of the molecule is CNC(CNC(=O)N[C@H]1CCc2ccccc2C1)c1ccsc1. The molecule has 0 saturated heterocycles. The van der Waals surface area contributed by atoms with E-state index >= 15 is 0 Å². The number of hydrogen-bond acceptors (Lipinski definition) is 3. The van der Waals surface area contributed by atoms with Crippen LogP contribution in [-0.2, 0) is 12.8 Å². The standard InChI is InChI=1S/C18H23N3OS/c1-19-17(15-8-9-23-12-15)11-20-18(22)21-16-7-6-13-4-2-3-5-14(13)10-16/h2-5,8-9,12,16-17,19H,6-7,10-11H2,1H3,(H2,20,21,22)/t16-,17?/m0/s1. The van der Waals surface area contributed by atoms with Crippen LogP contribution in [0.2, 0.25) is 0 Å². The van der Waals surface area contributed by atoms with E-state index < -0.39 is 0 Å². The van der Waals surface area contributed by atoms with Gasteiger partial charge in [-0.1, -0.05) is 24.3 Å². The molecule has 0 fully saturated rings. The quantitative estimate of drug-likeness (QED) is 0.790. The number of benzene rings is 1. The van der Waals surface area contributed by atoms with Crippen LogP contribution in [0.4, 0.5) is 4.79 Å². The lowest BCUT2D eigenvalue weighted by Crippen LogP contribution is -2.46. The summed E-state index contributed by atoms with van der Waals surface area (Å²) in [7, 11) is 1.92. The second-order valence-electron chi connectivity index (χ2n) is 5.96. The number of thiophene rings is 1. The summed E-state index contributed by atoms with van der Waals surface area (Å²) >= 11 is 1.67. The Labute approximate surface area is 141 Å². The first-order valence-corrected chi connectivity index (χ1v) is 9.01. The molecule has 1 aromatic carbocycles. The summed E-state index contributed by atoms with van der Waals surface area (Å²) in [5.41, 5.74) is 3.98. The molecule has 3 N–H and O–H groups in total. The topological polar surface area (TPSA) is 53.2 Å². The van der Waals surface area contributed by atoms with Crippen LogP contribution in [0.3, 0.4) is 0 Å². The Balaban J connectivity index is 1.48. The molecular formula is C18H23N3OS. The zero-order valence-electron chi connectivity index (χ0n) is 13.3. The third kappa shape index (κ3) is 4.12. The van der Waals surface area contributed by atoms with E-state index in [4.69, 9.17) is 0 Å². The van der Waals surface area contributed by atoms with Crippen molar-refractivity contribution >= 4 is 17.4 Å². The molecule has 122 valence electrons. The van der Waals surface area contributed by atoms with Crippen LogP contribution in [0.15, 0.2) is 41.1 Å². The number of likely N-dealkylation sites (N-methyl/N-ethyl adjacent to an activating group) is 1. The Morgan fingerprint density at radius 3 is 2.87 bits per heavy atom. The van der Waals surface area contributed by atoms with Crippen molar-refractivity contribution in [1.82, 2.24) is 16.0 Å². The van der Waals surface area contributed by atoms with Gasteiger partial charge in [0.1, 0.15) is 0 Å². The number of hydrogen-bond donors (Lipinski definition) is 3. The third-order valence-corrected chi connectivity index (χ3v) is 5.14. The molecule has 2 aromatic rings. The molecule has 4 nitrogen and oxygen atoms in total. The predicted molar refractivity (Wildman–Crippen MR) is 94.9 cm³/mol. The first kappa shape index (κ1) is 16.0. The molecule has 1 aliphatic carbocycles. The monoisotopic (exact) mass is 329 g/mol. The first-order chi connectivity index (χ1) is 11.3. The molecular weight excluding hydrogens is 306 g/mol. The largest absolute Gasteiger partial charge is 0.336 e. The molecule has 5 heteroatoms. The molecule has 0 aliphatic heterocycles. The van der Waals surface area contributed by atoms with Crippen molar-refractivity contribution in [2.75, 3.05) is 13.6 Å². The molecule has 0 radical (unpaired) electrons. The average molecular weight is 329 g/mol. The molecule has 2 amide bonds. The zero-order valence-corrected chi connectivity index (χ0v) is 14.2. The van der Waals surface area contributed by atoms with E-state index in [2.05, 4.69) is 57.0 Å². The van der Waals surface area contributed by atoms with Crippen LogP contribution >= 0.6 is 11.3 Å². The van der Waals surface area contributed by atoms with Crippen molar-refractivity contribution in [3.8, 4) is 0 Å². The van der Waals surface area contributed by atoms with E-state index in [0.29, 0.717) is 6.54 Å². The fourth-order valence-corrected chi connectivity index (χ4v) is 3.83. The molecule has 0 saturated carbocycles. The van der Waals surface area contributed by atoms with Crippen molar-refractivity contribution in [2.24, 2.45) is 0 Å². The van der Waals surface area contributed by atoms with E-state index in [9.17, 15) is 4.79 Å². The van der Waals surface area contributed by atoms with Crippen LogP contribution in [0.5, 0.6) is 0 Å². The molecule has 1 aromatic heterocycles. The molecule has 2 atom stereocenters. The maximum absolute atomic E-state index is 12.2. The predicted octanol–water partition coefficient (Wildman–Crippen LogP) is 2.87. The highest BCUT2D eigenvalue weighted by atomic mass is 32.1. The van der Waals surface area contributed by atoms with E-state index in [1.54, 1.807) is 11.3 Å². The minimum atomic E-state index is -0.0788. The number of fused-ring (bicyclic) bond motifs is 1. The lowest BCUT2D eigenvalue weighted by molar-refractivity contribution is 0.234. The van der Waals surface area contributed by atoms with Crippen LogP contribution in [-0.4, -0.2) is 25.7 Å². The number of rotatable bonds is 5. The van der Waals surface area contributed by atoms with Gasteiger partial charge in [-0.05, 0) is 59.8 Å².